The number of pyridine rings is 1. The molecule has 4 N–H and O–H groups in total. The van der Waals surface area contributed by atoms with Gasteiger partial charge >= 0.3 is 6.09 Å². The second-order valence-electron chi connectivity index (χ2n) is 10.1. The van der Waals surface area contributed by atoms with Gasteiger partial charge in [0.05, 0.1) is 23.5 Å². The van der Waals surface area contributed by atoms with E-state index in [1.807, 2.05) is 30.0 Å². The Morgan fingerprint density at radius 1 is 1.17 bits per heavy atom. The second-order valence-corrected chi connectivity index (χ2v) is 11.1. The third-order valence-corrected chi connectivity index (χ3v) is 8.93. The van der Waals surface area contributed by atoms with Crippen LogP contribution in [0.5, 0.6) is 0 Å². The first-order chi connectivity index (χ1) is 17.3. The first kappa shape index (κ1) is 23.0. The van der Waals surface area contributed by atoms with E-state index in [1.54, 1.807) is 11.0 Å². The maximum Gasteiger partial charge on any atom is 0.407 e. The lowest BCUT2D eigenvalue weighted by molar-refractivity contribution is 0.0938. The number of nitrogens with two attached hydrogens (primary N) is 1. The molecule has 2 unspecified atom stereocenters. The van der Waals surface area contributed by atoms with Gasteiger partial charge in [-0.3, -0.25) is 9.69 Å². The van der Waals surface area contributed by atoms with Gasteiger partial charge in [0.2, 0.25) is 0 Å². The summed E-state index contributed by atoms with van der Waals surface area (Å²) >= 11 is 1.29. The molecule has 2 bridgehead atoms. The molecule has 2 aliphatic heterocycles. The number of hydrogen-bond donors (Lipinski definition) is 3. The topological polar surface area (TPSA) is 112 Å². The maximum atomic E-state index is 15.3. The lowest BCUT2D eigenvalue weighted by Gasteiger charge is -2.41. The van der Waals surface area contributed by atoms with E-state index in [2.05, 4.69) is 10.3 Å². The van der Waals surface area contributed by atoms with Gasteiger partial charge in [0, 0.05) is 30.2 Å². The summed E-state index contributed by atoms with van der Waals surface area (Å²) in [6.07, 6.45) is 2.80. The number of thiophene rings is 1. The molecule has 10 heteroatoms. The number of nitrogens with zero attached hydrogens (tertiary/aromatic N) is 3. The summed E-state index contributed by atoms with van der Waals surface area (Å²) < 4.78 is 15.3. The number of nitrogens with one attached hydrogen (secondary N) is 1. The minimum absolute atomic E-state index is 0.0864. The normalized spacial score (nSPS) is 23.1. The van der Waals surface area contributed by atoms with Crippen LogP contribution in [0.1, 0.15) is 45.8 Å². The summed E-state index contributed by atoms with van der Waals surface area (Å²) in [5, 5.41) is 13.4. The van der Waals surface area contributed by atoms with Gasteiger partial charge in [-0.05, 0) is 74.4 Å². The largest absolute Gasteiger partial charge is 0.465 e. The first-order valence-electron chi connectivity index (χ1n) is 12.3. The van der Waals surface area contributed by atoms with Gasteiger partial charge in [0.1, 0.15) is 15.5 Å². The Bertz CT molecular complexity index is 1380. The van der Waals surface area contributed by atoms with Gasteiger partial charge in [-0.2, -0.15) is 0 Å². The van der Waals surface area contributed by atoms with E-state index in [0.717, 1.165) is 52.7 Å². The highest BCUT2D eigenvalue weighted by molar-refractivity contribution is 7.21. The van der Waals surface area contributed by atoms with Crippen molar-refractivity contribution in [1.82, 2.24) is 15.2 Å². The number of aromatic nitrogens is 1. The monoisotopic (exact) mass is 509 g/mol. The number of rotatable bonds is 3. The Hall–Kier alpha value is -3.40. The van der Waals surface area contributed by atoms with Crippen molar-refractivity contribution in [2.45, 2.75) is 57.2 Å². The van der Waals surface area contributed by atoms with E-state index in [1.165, 1.54) is 11.3 Å². The third kappa shape index (κ3) is 3.84. The van der Waals surface area contributed by atoms with Crippen LogP contribution in [0.15, 0.2) is 24.3 Å². The smallest absolute Gasteiger partial charge is 0.407 e. The molecule has 0 radical (unpaired) electrons. The van der Waals surface area contributed by atoms with Crippen molar-refractivity contribution in [2.24, 2.45) is 0 Å². The SMILES string of the molecule is Cc1ccc2c(N)c(C(=O)N[C@@H]3CCc4cc(N5CC6CCC(C5)N6C(=O)O)c(F)cc4C3)sc2n1. The molecule has 1 aliphatic carbocycles. The summed E-state index contributed by atoms with van der Waals surface area (Å²) in [6.45, 7) is 2.93. The predicted octanol–water partition coefficient (Wildman–Crippen LogP) is 3.94. The lowest BCUT2D eigenvalue weighted by atomic mass is 9.87. The average Bonchev–Trinajstić information content (AvgIpc) is 3.31. The quantitative estimate of drug-likeness (QED) is 0.493. The van der Waals surface area contributed by atoms with Crippen molar-refractivity contribution in [3.63, 3.8) is 0 Å². The van der Waals surface area contributed by atoms with E-state index >= 15 is 4.39 Å². The Morgan fingerprint density at radius 3 is 2.64 bits per heavy atom. The number of nitrogen functional groups attached to an aromatic ring is 1. The Kier molecular flexibility index (Phi) is 5.51. The van der Waals surface area contributed by atoms with Crippen molar-refractivity contribution in [1.29, 1.82) is 0 Å². The van der Waals surface area contributed by atoms with Gasteiger partial charge in [0.25, 0.3) is 5.91 Å². The number of fused-ring (bicyclic) bond motifs is 4. The van der Waals surface area contributed by atoms with Gasteiger partial charge in [-0.25, -0.2) is 14.2 Å². The second kappa shape index (κ2) is 8.62. The fourth-order valence-corrected chi connectivity index (χ4v) is 7.10. The summed E-state index contributed by atoms with van der Waals surface area (Å²) in [5.74, 6) is -0.510. The zero-order chi connectivity index (χ0) is 25.1. The Labute approximate surface area is 211 Å². The summed E-state index contributed by atoms with van der Waals surface area (Å²) in [6, 6.07) is 7.01. The van der Waals surface area contributed by atoms with Gasteiger partial charge in [0.15, 0.2) is 0 Å². The molecule has 4 heterocycles. The van der Waals surface area contributed by atoms with Crippen molar-refractivity contribution < 1.29 is 19.1 Å². The number of aryl methyl sites for hydroxylation is 2. The highest BCUT2D eigenvalue weighted by atomic mass is 32.1. The van der Waals surface area contributed by atoms with Crippen LogP contribution in [0.4, 0.5) is 20.6 Å². The lowest BCUT2D eigenvalue weighted by Crippen LogP contribution is -2.55. The molecule has 3 aliphatic rings. The summed E-state index contributed by atoms with van der Waals surface area (Å²) in [7, 11) is 0. The van der Waals surface area contributed by atoms with Gasteiger partial charge in [-0.15, -0.1) is 11.3 Å². The Morgan fingerprint density at radius 2 is 1.92 bits per heavy atom. The molecule has 36 heavy (non-hydrogen) atoms. The number of carbonyl (C=O) groups is 2. The fourth-order valence-electron chi connectivity index (χ4n) is 6.05. The number of benzene rings is 1. The molecule has 2 amide bonds. The molecule has 1 aromatic carbocycles. The summed E-state index contributed by atoms with van der Waals surface area (Å²) in [5.41, 5.74) is 10.1. The van der Waals surface area contributed by atoms with Crippen LogP contribution in [-0.2, 0) is 12.8 Å². The van der Waals surface area contributed by atoms with Crippen LogP contribution in [0.3, 0.4) is 0 Å². The molecule has 3 aromatic rings. The highest BCUT2D eigenvalue weighted by Crippen LogP contribution is 2.36. The minimum Gasteiger partial charge on any atom is -0.465 e. The van der Waals surface area contributed by atoms with Crippen LogP contribution in [0, 0.1) is 12.7 Å². The molecule has 8 nitrogen and oxygen atoms in total. The Balaban J connectivity index is 1.17. The molecule has 2 aromatic heterocycles. The van der Waals surface area contributed by atoms with Crippen molar-refractivity contribution in [3.8, 4) is 0 Å². The van der Waals surface area contributed by atoms with Crippen LogP contribution in [-0.4, -0.2) is 58.2 Å². The van der Waals surface area contributed by atoms with Crippen LogP contribution in [0.2, 0.25) is 0 Å². The van der Waals surface area contributed by atoms with E-state index in [9.17, 15) is 14.7 Å². The molecule has 0 saturated carbocycles. The zero-order valence-corrected chi connectivity index (χ0v) is 20.8. The number of anilines is 2. The summed E-state index contributed by atoms with van der Waals surface area (Å²) in [4.78, 5) is 33.9. The van der Waals surface area contributed by atoms with E-state index in [-0.39, 0.29) is 29.8 Å². The van der Waals surface area contributed by atoms with Crippen LogP contribution in [0.25, 0.3) is 10.2 Å². The number of piperazine rings is 1. The molecule has 6 rings (SSSR count). The molecular formula is C26H28FN5O3S. The van der Waals surface area contributed by atoms with Crippen LogP contribution >= 0.6 is 11.3 Å². The number of carbonyl (C=O) groups excluding carboxylic acids is 1. The standard InChI is InChI=1S/C26H28FN5O3S/c1-13-2-7-19-22(28)23(36-25(19)29-13)24(33)30-16-4-3-14-10-21(20(27)9-15(14)8-16)31-11-17-5-6-18(12-31)32(17)26(34)35/h2,7,9-10,16-18H,3-6,8,11-12,28H2,1H3,(H,30,33)(H,34,35)/t16-,17?,18?/m1/s1. The van der Waals surface area contributed by atoms with Gasteiger partial charge in [-0.1, -0.05) is 0 Å². The molecule has 0 spiro atoms. The van der Waals surface area contributed by atoms with Gasteiger partial charge < -0.3 is 21.1 Å². The van der Waals surface area contributed by atoms with Crippen molar-refractivity contribution in [3.05, 3.63) is 51.8 Å². The molecular weight excluding hydrogens is 481 g/mol. The zero-order valence-electron chi connectivity index (χ0n) is 20.0. The first-order valence-corrected chi connectivity index (χ1v) is 13.1. The molecule has 3 atom stereocenters. The maximum absolute atomic E-state index is 15.3. The van der Waals surface area contributed by atoms with E-state index in [0.29, 0.717) is 35.8 Å². The average molecular weight is 510 g/mol. The minimum atomic E-state index is -0.884. The number of halogens is 1. The molecule has 188 valence electrons. The predicted molar refractivity (Wildman–Crippen MR) is 137 cm³/mol. The highest BCUT2D eigenvalue weighted by Gasteiger charge is 2.43. The van der Waals surface area contributed by atoms with E-state index < -0.39 is 6.09 Å². The fraction of sp³-hybridized carbons (Fsp3) is 0.423. The van der Waals surface area contributed by atoms with Crippen molar-refractivity contribution in [2.75, 3.05) is 23.7 Å². The molecule has 2 fully saturated rings. The number of carboxylic acid groups (broad SMARTS) is 1. The van der Waals surface area contributed by atoms with Crippen LogP contribution < -0.4 is 16.0 Å². The number of hydrogen-bond acceptors (Lipinski definition) is 6. The molecule has 2 saturated heterocycles. The van der Waals surface area contributed by atoms with Crippen molar-refractivity contribution >= 4 is 44.9 Å². The van der Waals surface area contributed by atoms with E-state index in [4.69, 9.17) is 5.73 Å². The number of amides is 2. The third-order valence-electron chi connectivity index (χ3n) is 7.82.